The van der Waals surface area contributed by atoms with Gasteiger partial charge in [0.15, 0.2) is 23.1 Å². The molecular weight excluding hydrogens is 490 g/mol. The molecule has 4 rings (SSSR count). The second-order valence-electron chi connectivity index (χ2n) is 7.31. The summed E-state index contributed by atoms with van der Waals surface area (Å²) in [6, 6.07) is 14.8. The van der Waals surface area contributed by atoms with Gasteiger partial charge in [0.1, 0.15) is 0 Å². The zero-order valence-corrected chi connectivity index (χ0v) is 20.2. The Morgan fingerprint density at radius 1 is 0.833 bits per heavy atom. The molecule has 12 nitrogen and oxygen atoms in total. The topological polar surface area (TPSA) is 155 Å². The van der Waals surface area contributed by atoms with Crippen molar-refractivity contribution in [3.63, 3.8) is 0 Å². The van der Waals surface area contributed by atoms with Crippen LogP contribution in [0.5, 0.6) is 17.2 Å². The number of sulfonamides is 1. The van der Waals surface area contributed by atoms with Gasteiger partial charge in [-0.25, -0.2) is 18.4 Å². The highest BCUT2D eigenvalue weighted by molar-refractivity contribution is 7.92. The van der Waals surface area contributed by atoms with E-state index in [9.17, 15) is 18.5 Å². The van der Waals surface area contributed by atoms with E-state index in [1.807, 2.05) is 0 Å². The quantitative estimate of drug-likeness (QED) is 0.248. The number of aromatic nitrogens is 2. The number of nitro groups is 1. The fourth-order valence-electron chi connectivity index (χ4n) is 3.40. The van der Waals surface area contributed by atoms with Gasteiger partial charge in [-0.2, -0.15) is 0 Å². The van der Waals surface area contributed by atoms with E-state index >= 15 is 0 Å². The van der Waals surface area contributed by atoms with Crippen LogP contribution < -0.4 is 24.2 Å². The van der Waals surface area contributed by atoms with Gasteiger partial charge < -0.3 is 19.5 Å². The third-order valence-electron chi connectivity index (χ3n) is 5.07. The lowest BCUT2D eigenvalue weighted by Gasteiger charge is -2.17. The van der Waals surface area contributed by atoms with E-state index in [1.54, 1.807) is 36.4 Å². The minimum atomic E-state index is -4.26. The number of benzene rings is 3. The van der Waals surface area contributed by atoms with Crippen LogP contribution in [0.4, 0.5) is 23.0 Å². The van der Waals surface area contributed by atoms with Gasteiger partial charge in [-0.15, -0.1) is 0 Å². The summed E-state index contributed by atoms with van der Waals surface area (Å²) >= 11 is 0. The van der Waals surface area contributed by atoms with E-state index in [-0.39, 0.29) is 22.2 Å². The number of hydrogen-bond acceptors (Lipinski definition) is 10. The molecule has 0 aliphatic carbocycles. The van der Waals surface area contributed by atoms with Crippen molar-refractivity contribution in [1.82, 2.24) is 9.97 Å². The second-order valence-corrected chi connectivity index (χ2v) is 8.99. The largest absolute Gasteiger partial charge is 0.493 e. The first-order valence-electron chi connectivity index (χ1n) is 10.4. The molecule has 0 bridgehead atoms. The Hall–Kier alpha value is -4.65. The van der Waals surface area contributed by atoms with Crippen molar-refractivity contribution < 1.29 is 27.6 Å². The fraction of sp³-hybridized carbons (Fsp3) is 0.130. The number of para-hydroxylation sites is 2. The highest BCUT2D eigenvalue weighted by Crippen LogP contribution is 2.41. The van der Waals surface area contributed by atoms with Crippen LogP contribution >= 0.6 is 0 Å². The molecule has 0 saturated carbocycles. The van der Waals surface area contributed by atoms with Crippen LogP contribution in [0.25, 0.3) is 11.0 Å². The Kier molecular flexibility index (Phi) is 6.74. The highest BCUT2D eigenvalue weighted by atomic mass is 32.2. The smallest absolute Gasteiger partial charge is 0.270 e. The van der Waals surface area contributed by atoms with E-state index in [0.29, 0.717) is 34.0 Å². The lowest BCUT2D eigenvalue weighted by molar-refractivity contribution is -0.385. The van der Waals surface area contributed by atoms with E-state index in [0.717, 1.165) is 6.07 Å². The molecule has 186 valence electrons. The summed E-state index contributed by atoms with van der Waals surface area (Å²) in [6.45, 7) is 0. The Labute approximate surface area is 206 Å². The molecule has 36 heavy (non-hydrogen) atoms. The third-order valence-corrected chi connectivity index (χ3v) is 6.40. The molecule has 4 aromatic rings. The maximum absolute atomic E-state index is 13.1. The van der Waals surface area contributed by atoms with Crippen LogP contribution in [0.3, 0.4) is 0 Å². The first-order chi connectivity index (χ1) is 17.2. The molecule has 0 spiro atoms. The van der Waals surface area contributed by atoms with Crippen LogP contribution in [0.1, 0.15) is 0 Å². The maximum Gasteiger partial charge on any atom is 0.270 e. The van der Waals surface area contributed by atoms with E-state index in [1.165, 1.54) is 39.5 Å². The number of anilines is 3. The molecule has 3 aromatic carbocycles. The Morgan fingerprint density at radius 3 is 2.00 bits per heavy atom. The Morgan fingerprint density at radius 2 is 1.44 bits per heavy atom. The zero-order valence-electron chi connectivity index (χ0n) is 19.4. The van der Waals surface area contributed by atoms with Gasteiger partial charge >= 0.3 is 0 Å². The molecule has 0 unspecified atom stereocenters. The summed E-state index contributed by atoms with van der Waals surface area (Å²) in [6.07, 6.45) is 0. The zero-order chi connectivity index (χ0) is 25.9. The number of nitro benzene ring substituents is 1. The van der Waals surface area contributed by atoms with Gasteiger partial charge in [-0.05, 0) is 18.2 Å². The number of nitrogens with one attached hydrogen (secondary N) is 2. The van der Waals surface area contributed by atoms with Gasteiger partial charge in [-0.1, -0.05) is 18.2 Å². The normalized spacial score (nSPS) is 11.1. The van der Waals surface area contributed by atoms with Crippen molar-refractivity contribution >= 4 is 44.1 Å². The summed E-state index contributed by atoms with van der Waals surface area (Å²) < 4.78 is 44.7. The molecule has 2 N–H and O–H groups in total. The number of nitrogens with zero attached hydrogens (tertiary/aromatic N) is 3. The average Bonchev–Trinajstić information content (AvgIpc) is 2.88. The van der Waals surface area contributed by atoms with Crippen molar-refractivity contribution in [2.24, 2.45) is 0 Å². The number of non-ortho nitro benzene ring substituents is 1. The van der Waals surface area contributed by atoms with Gasteiger partial charge in [0.25, 0.3) is 15.7 Å². The van der Waals surface area contributed by atoms with Gasteiger partial charge in [0, 0.05) is 30.0 Å². The Balaban J connectivity index is 1.80. The summed E-state index contributed by atoms with van der Waals surface area (Å²) in [4.78, 5) is 19.1. The number of ether oxygens (including phenoxy) is 3. The molecular formula is C23H21N5O7S. The molecule has 0 saturated heterocycles. The molecule has 1 aromatic heterocycles. The Bertz CT molecular complexity index is 1540. The van der Waals surface area contributed by atoms with E-state index < -0.39 is 14.9 Å². The van der Waals surface area contributed by atoms with Gasteiger partial charge in [0.05, 0.1) is 42.2 Å². The first kappa shape index (κ1) is 24.5. The highest BCUT2D eigenvalue weighted by Gasteiger charge is 2.22. The van der Waals surface area contributed by atoms with Gasteiger partial charge in [-0.3, -0.25) is 14.8 Å². The van der Waals surface area contributed by atoms with Crippen LogP contribution in [-0.2, 0) is 10.0 Å². The molecule has 0 aliphatic heterocycles. The molecule has 0 amide bonds. The minimum absolute atomic E-state index is 0.0805. The van der Waals surface area contributed by atoms with Crippen LogP contribution in [0.15, 0.2) is 65.6 Å². The monoisotopic (exact) mass is 511 g/mol. The number of hydrogen-bond donors (Lipinski definition) is 2. The molecule has 0 radical (unpaired) electrons. The number of rotatable bonds is 9. The van der Waals surface area contributed by atoms with Crippen LogP contribution in [0, 0.1) is 10.1 Å². The summed E-state index contributed by atoms with van der Waals surface area (Å²) in [5, 5.41) is 14.2. The van der Waals surface area contributed by atoms with Crippen molar-refractivity contribution in [3.05, 3.63) is 70.8 Å². The third kappa shape index (κ3) is 4.90. The second kappa shape index (κ2) is 9.92. The average molecular weight is 512 g/mol. The molecule has 0 fully saturated rings. The summed E-state index contributed by atoms with van der Waals surface area (Å²) in [5.41, 5.74) is 1.03. The first-order valence-corrected chi connectivity index (χ1v) is 11.8. The molecule has 0 atom stereocenters. The van der Waals surface area contributed by atoms with Crippen LogP contribution in [0.2, 0.25) is 0 Å². The summed E-state index contributed by atoms with van der Waals surface area (Å²) in [7, 11) is 0.155. The molecule has 13 heteroatoms. The molecule has 1 heterocycles. The standard InChI is InChI=1S/C23H21N5O7S/c1-33-19-11-14(12-20(34-2)21(19)35-3)24-22-23(26-18-10-5-4-9-17(18)25-22)27-36(31,32)16-8-6-7-15(13-16)28(29)30/h4-13H,1-3H3,(H,24,25)(H,26,27). The predicted molar refractivity (Wildman–Crippen MR) is 133 cm³/mol. The number of methoxy groups -OCH3 is 3. The fourth-order valence-corrected chi connectivity index (χ4v) is 4.45. The van der Waals surface area contributed by atoms with E-state index in [2.05, 4.69) is 20.0 Å². The molecule has 0 aliphatic rings. The predicted octanol–water partition coefficient (Wildman–Crippen LogP) is 4.11. The van der Waals surface area contributed by atoms with Crippen LogP contribution in [-0.4, -0.2) is 44.6 Å². The van der Waals surface area contributed by atoms with Crippen molar-refractivity contribution in [1.29, 1.82) is 0 Å². The SMILES string of the molecule is COc1cc(Nc2nc3ccccc3nc2NS(=O)(=O)c2cccc([N+](=O)[O-])c2)cc(OC)c1OC. The number of fused-ring (bicyclic) bond motifs is 1. The lowest BCUT2D eigenvalue weighted by atomic mass is 10.2. The van der Waals surface area contributed by atoms with Gasteiger partial charge in [0.2, 0.25) is 5.75 Å². The van der Waals surface area contributed by atoms with Crippen molar-refractivity contribution in [2.45, 2.75) is 4.90 Å². The summed E-state index contributed by atoms with van der Waals surface area (Å²) in [5.74, 6) is 1.08. The lowest BCUT2D eigenvalue weighted by Crippen LogP contribution is -2.16. The van der Waals surface area contributed by atoms with Crippen molar-refractivity contribution in [3.8, 4) is 17.2 Å². The van der Waals surface area contributed by atoms with E-state index in [4.69, 9.17) is 14.2 Å². The van der Waals surface area contributed by atoms with Crippen molar-refractivity contribution in [2.75, 3.05) is 31.4 Å². The maximum atomic E-state index is 13.1. The minimum Gasteiger partial charge on any atom is -0.493 e.